The third-order valence-electron chi connectivity index (χ3n) is 4.44. The number of aromatic amines is 1. The lowest BCUT2D eigenvalue weighted by atomic mass is 10.1. The van der Waals surface area contributed by atoms with Crippen molar-refractivity contribution in [3.8, 4) is 0 Å². The van der Waals surface area contributed by atoms with Gasteiger partial charge in [-0.25, -0.2) is 4.39 Å². The van der Waals surface area contributed by atoms with Crippen molar-refractivity contribution in [1.29, 1.82) is 0 Å². The SMILES string of the molecule is O=C(Cc1cc2c(NC(=O)Cc3ccccc3F)[nH]nc2s1)Nc1c(Cl)cccc1Cl. The van der Waals surface area contributed by atoms with Crippen LogP contribution >= 0.6 is 34.5 Å². The Morgan fingerprint density at radius 2 is 1.71 bits per heavy atom. The van der Waals surface area contributed by atoms with Crippen molar-refractivity contribution in [3.63, 3.8) is 0 Å². The highest BCUT2D eigenvalue weighted by molar-refractivity contribution is 7.18. The number of thiophene rings is 1. The van der Waals surface area contributed by atoms with Crippen molar-refractivity contribution >= 4 is 68.1 Å². The largest absolute Gasteiger partial charge is 0.323 e. The number of hydrogen-bond acceptors (Lipinski definition) is 4. The predicted octanol–water partition coefficient (Wildman–Crippen LogP) is 5.43. The Morgan fingerprint density at radius 3 is 2.45 bits per heavy atom. The normalized spacial score (nSPS) is 10.9. The molecule has 0 aliphatic rings. The standard InChI is InChI=1S/C21H15Cl2FN4O2S/c22-14-5-3-6-15(23)19(14)25-18(30)10-12-9-13-20(27-28-21(13)31-12)26-17(29)8-11-4-1-2-7-16(11)24/h1-7,9H,8,10H2,(H,25,30)(H2,26,27,28,29). The summed E-state index contributed by atoms with van der Waals surface area (Å²) in [4.78, 5) is 26.1. The van der Waals surface area contributed by atoms with Gasteiger partial charge >= 0.3 is 0 Å². The zero-order valence-corrected chi connectivity index (χ0v) is 18.2. The minimum Gasteiger partial charge on any atom is -0.323 e. The lowest BCUT2D eigenvalue weighted by Gasteiger charge is -2.08. The Morgan fingerprint density at radius 1 is 1.00 bits per heavy atom. The van der Waals surface area contributed by atoms with Crippen molar-refractivity contribution in [3.05, 3.63) is 74.8 Å². The minimum absolute atomic E-state index is 0.0885. The molecule has 0 atom stereocenters. The molecule has 0 spiro atoms. The van der Waals surface area contributed by atoms with Crippen LogP contribution in [0.3, 0.4) is 0 Å². The van der Waals surface area contributed by atoms with Crippen molar-refractivity contribution in [2.75, 3.05) is 10.6 Å². The highest BCUT2D eigenvalue weighted by Crippen LogP contribution is 2.32. The number of nitrogens with one attached hydrogen (secondary N) is 3. The molecule has 6 nitrogen and oxygen atoms in total. The molecule has 4 rings (SSSR count). The number of halogens is 3. The molecule has 0 fully saturated rings. The van der Waals surface area contributed by atoms with Crippen molar-refractivity contribution in [2.24, 2.45) is 0 Å². The Kier molecular flexibility index (Phi) is 6.22. The highest BCUT2D eigenvalue weighted by atomic mass is 35.5. The molecule has 0 aliphatic heterocycles. The Bertz CT molecular complexity index is 1270. The molecule has 0 radical (unpaired) electrons. The number of carbonyl (C=O) groups excluding carboxylic acids is 2. The Labute approximate surface area is 190 Å². The van der Waals surface area contributed by atoms with Gasteiger partial charge in [0, 0.05) is 4.88 Å². The van der Waals surface area contributed by atoms with Crippen LogP contribution in [0.1, 0.15) is 10.4 Å². The second-order valence-electron chi connectivity index (χ2n) is 6.67. The van der Waals surface area contributed by atoms with E-state index in [0.29, 0.717) is 37.3 Å². The number of hydrogen-bond donors (Lipinski definition) is 3. The number of para-hydroxylation sites is 1. The van der Waals surface area contributed by atoms with Crippen LogP contribution in [0.4, 0.5) is 15.9 Å². The third kappa shape index (κ3) is 4.87. The van der Waals surface area contributed by atoms with Gasteiger partial charge in [0.15, 0.2) is 0 Å². The molecule has 0 unspecified atom stereocenters. The van der Waals surface area contributed by atoms with Gasteiger partial charge in [-0.2, -0.15) is 5.10 Å². The van der Waals surface area contributed by atoms with Gasteiger partial charge in [0.1, 0.15) is 16.5 Å². The molecule has 10 heteroatoms. The molecule has 158 valence electrons. The fourth-order valence-corrected chi connectivity index (χ4v) is 4.48. The molecule has 2 aromatic carbocycles. The first kappa shape index (κ1) is 21.3. The van der Waals surface area contributed by atoms with E-state index < -0.39 is 5.82 Å². The van der Waals surface area contributed by atoms with E-state index in [1.807, 2.05) is 0 Å². The molecule has 2 aromatic heterocycles. The highest BCUT2D eigenvalue weighted by Gasteiger charge is 2.16. The number of fused-ring (bicyclic) bond motifs is 1. The van der Waals surface area contributed by atoms with E-state index in [1.165, 1.54) is 17.4 Å². The molecule has 0 saturated carbocycles. The molecular weight excluding hydrogens is 462 g/mol. The molecule has 2 amide bonds. The van der Waals surface area contributed by atoms with Crippen LogP contribution in [0.2, 0.25) is 10.0 Å². The van der Waals surface area contributed by atoms with Crippen LogP contribution in [-0.4, -0.2) is 22.0 Å². The van der Waals surface area contributed by atoms with Gasteiger partial charge in [0.05, 0.1) is 34.0 Å². The first-order chi connectivity index (χ1) is 14.9. The molecular formula is C21H15Cl2FN4O2S. The summed E-state index contributed by atoms with van der Waals surface area (Å²) < 4.78 is 13.8. The van der Waals surface area contributed by atoms with Crippen LogP contribution in [-0.2, 0) is 22.4 Å². The number of benzene rings is 2. The quantitative estimate of drug-likeness (QED) is 0.346. The average Bonchev–Trinajstić information content (AvgIpc) is 3.28. The van der Waals surface area contributed by atoms with E-state index in [1.54, 1.807) is 42.5 Å². The van der Waals surface area contributed by atoms with E-state index >= 15 is 0 Å². The van der Waals surface area contributed by atoms with Gasteiger partial charge in [-0.1, -0.05) is 47.5 Å². The van der Waals surface area contributed by atoms with Crippen LogP contribution in [0.25, 0.3) is 10.2 Å². The van der Waals surface area contributed by atoms with Gasteiger partial charge in [-0.3, -0.25) is 14.7 Å². The van der Waals surface area contributed by atoms with Crippen LogP contribution in [0.5, 0.6) is 0 Å². The number of aromatic nitrogens is 2. The molecule has 31 heavy (non-hydrogen) atoms. The van der Waals surface area contributed by atoms with Crippen molar-refractivity contribution in [2.45, 2.75) is 12.8 Å². The maximum atomic E-state index is 13.8. The second-order valence-corrected chi connectivity index (χ2v) is 8.60. The summed E-state index contributed by atoms with van der Waals surface area (Å²) in [7, 11) is 0. The van der Waals surface area contributed by atoms with Crippen molar-refractivity contribution in [1.82, 2.24) is 10.2 Å². The van der Waals surface area contributed by atoms with E-state index in [4.69, 9.17) is 23.2 Å². The fraction of sp³-hybridized carbons (Fsp3) is 0.0952. The van der Waals surface area contributed by atoms with Crippen LogP contribution in [0, 0.1) is 5.82 Å². The van der Waals surface area contributed by atoms with Crippen molar-refractivity contribution < 1.29 is 14.0 Å². The lowest BCUT2D eigenvalue weighted by Crippen LogP contribution is -2.15. The number of amides is 2. The zero-order valence-electron chi connectivity index (χ0n) is 15.8. The van der Waals surface area contributed by atoms with Crippen LogP contribution in [0.15, 0.2) is 48.5 Å². The van der Waals surface area contributed by atoms with E-state index in [0.717, 1.165) is 4.88 Å². The monoisotopic (exact) mass is 476 g/mol. The number of H-pyrrole nitrogens is 1. The van der Waals surface area contributed by atoms with E-state index in [9.17, 15) is 14.0 Å². The summed E-state index contributed by atoms with van der Waals surface area (Å²) >= 11 is 13.5. The smallest absolute Gasteiger partial charge is 0.230 e. The lowest BCUT2D eigenvalue weighted by molar-refractivity contribution is -0.116. The first-order valence-corrected chi connectivity index (χ1v) is 10.7. The summed E-state index contributed by atoms with van der Waals surface area (Å²) in [6, 6.07) is 12.8. The summed E-state index contributed by atoms with van der Waals surface area (Å²) in [6.45, 7) is 0. The predicted molar refractivity (Wildman–Crippen MR) is 122 cm³/mol. The summed E-state index contributed by atoms with van der Waals surface area (Å²) in [6.07, 6.45) is -0.0175. The first-order valence-electron chi connectivity index (χ1n) is 9.14. The molecule has 0 aliphatic carbocycles. The maximum absolute atomic E-state index is 13.8. The number of rotatable bonds is 6. The summed E-state index contributed by atoms with van der Waals surface area (Å²) in [5.41, 5.74) is 0.663. The minimum atomic E-state index is -0.435. The van der Waals surface area contributed by atoms with Gasteiger partial charge < -0.3 is 10.6 Å². The fourth-order valence-electron chi connectivity index (χ4n) is 3.00. The van der Waals surface area contributed by atoms with Crippen LogP contribution < -0.4 is 10.6 Å². The zero-order chi connectivity index (χ0) is 22.0. The number of carbonyl (C=O) groups is 2. The molecule has 3 N–H and O–H groups in total. The van der Waals surface area contributed by atoms with Gasteiger partial charge in [-0.15, -0.1) is 11.3 Å². The average molecular weight is 477 g/mol. The molecule has 2 heterocycles. The number of nitrogens with zero attached hydrogens (tertiary/aromatic N) is 1. The molecule has 4 aromatic rings. The molecule has 0 bridgehead atoms. The van der Waals surface area contributed by atoms with E-state index in [2.05, 4.69) is 20.8 Å². The van der Waals surface area contributed by atoms with Gasteiger partial charge in [0.25, 0.3) is 0 Å². The summed E-state index contributed by atoms with van der Waals surface area (Å²) in [5.74, 6) is -0.703. The second kappa shape index (κ2) is 9.05. The van der Waals surface area contributed by atoms with Gasteiger partial charge in [0.2, 0.25) is 11.8 Å². The Balaban J connectivity index is 1.44. The maximum Gasteiger partial charge on any atom is 0.230 e. The topological polar surface area (TPSA) is 86.9 Å². The van der Waals surface area contributed by atoms with Gasteiger partial charge in [-0.05, 0) is 29.8 Å². The Hall–Kier alpha value is -2.94. The third-order valence-corrected chi connectivity index (χ3v) is 6.10. The molecule has 0 saturated heterocycles. The van der Waals surface area contributed by atoms with E-state index in [-0.39, 0.29) is 24.7 Å². The summed E-state index contributed by atoms with van der Waals surface area (Å²) in [5, 5.41) is 13.7. The number of anilines is 2.